The molecule has 1 fully saturated rings. The summed E-state index contributed by atoms with van der Waals surface area (Å²) in [5.74, 6) is -1.67. The Balaban J connectivity index is 1.31. The van der Waals surface area contributed by atoms with Crippen molar-refractivity contribution in [2.75, 3.05) is 4.90 Å². The van der Waals surface area contributed by atoms with E-state index in [9.17, 15) is 37.7 Å². The van der Waals surface area contributed by atoms with Crippen molar-refractivity contribution in [1.29, 1.82) is 0 Å². The molecule has 4 aromatic rings. The quantitative estimate of drug-likeness (QED) is 0.103. The molecule has 0 aromatic heterocycles. The van der Waals surface area contributed by atoms with Gasteiger partial charge in [0, 0.05) is 6.07 Å². The van der Waals surface area contributed by atoms with Gasteiger partial charge < -0.3 is 9.47 Å². The summed E-state index contributed by atoms with van der Waals surface area (Å²) in [5, 5.41) is 13.5. The van der Waals surface area contributed by atoms with E-state index in [4.69, 9.17) is 9.47 Å². The zero-order valence-corrected chi connectivity index (χ0v) is 22.4. The van der Waals surface area contributed by atoms with Crippen LogP contribution in [-0.2, 0) is 22.4 Å². The summed E-state index contributed by atoms with van der Waals surface area (Å²) >= 11 is 0. The van der Waals surface area contributed by atoms with Crippen LogP contribution in [-0.4, -0.2) is 22.8 Å². The molecule has 4 aromatic carbocycles. The maximum atomic E-state index is 13.2. The number of hydrogen-bond donors (Lipinski definition) is 1. The number of barbiturate groups is 1. The van der Waals surface area contributed by atoms with Gasteiger partial charge in [0.05, 0.1) is 16.2 Å². The van der Waals surface area contributed by atoms with Crippen LogP contribution in [0.4, 0.5) is 29.3 Å². The molecule has 222 valence electrons. The number of rotatable bonds is 8. The average molecular weight is 604 g/mol. The molecular weight excluding hydrogens is 583 g/mol. The van der Waals surface area contributed by atoms with Crippen molar-refractivity contribution in [1.82, 2.24) is 5.32 Å². The SMILES string of the molecule is O=C1NC(=O)N(c2ccc(OCc3ccccc3)cc2)C(=O)/C1=C/c1ccc(Oc2ccc(C(F)(F)F)cc2[N+](=O)[O-])cc1. The van der Waals surface area contributed by atoms with Gasteiger partial charge in [0.15, 0.2) is 0 Å². The highest BCUT2D eigenvalue weighted by Crippen LogP contribution is 2.38. The van der Waals surface area contributed by atoms with Crippen LogP contribution in [0.1, 0.15) is 16.7 Å². The highest BCUT2D eigenvalue weighted by Gasteiger charge is 2.37. The number of anilines is 1. The molecule has 0 aliphatic carbocycles. The fourth-order valence-corrected chi connectivity index (χ4v) is 4.17. The maximum Gasteiger partial charge on any atom is 0.416 e. The van der Waals surface area contributed by atoms with Gasteiger partial charge in [-0.05, 0) is 65.7 Å². The second-order valence-electron chi connectivity index (χ2n) is 9.33. The minimum atomic E-state index is -4.78. The molecule has 0 atom stereocenters. The molecule has 1 aliphatic rings. The van der Waals surface area contributed by atoms with Crippen molar-refractivity contribution in [2.45, 2.75) is 12.8 Å². The Morgan fingerprint density at radius 2 is 1.52 bits per heavy atom. The van der Waals surface area contributed by atoms with Crippen LogP contribution in [0.25, 0.3) is 6.08 Å². The van der Waals surface area contributed by atoms with Gasteiger partial charge in [-0.2, -0.15) is 13.2 Å². The van der Waals surface area contributed by atoms with Crippen molar-refractivity contribution in [3.63, 3.8) is 0 Å². The zero-order chi connectivity index (χ0) is 31.4. The van der Waals surface area contributed by atoms with Gasteiger partial charge >= 0.3 is 17.9 Å². The third-order valence-corrected chi connectivity index (χ3v) is 6.35. The number of carbonyl (C=O) groups is 3. The van der Waals surface area contributed by atoms with Gasteiger partial charge in [-0.25, -0.2) is 9.69 Å². The van der Waals surface area contributed by atoms with Crippen LogP contribution < -0.4 is 19.7 Å². The first-order chi connectivity index (χ1) is 21.0. The first kappa shape index (κ1) is 29.5. The minimum Gasteiger partial charge on any atom is -0.489 e. The molecular formula is C31H20F3N3O7. The Morgan fingerprint density at radius 1 is 0.864 bits per heavy atom. The van der Waals surface area contributed by atoms with E-state index in [0.717, 1.165) is 16.5 Å². The van der Waals surface area contributed by atoms with Gasteiger partial charge in [-0.3, -0.25) is 25.0 Å². The van der Waals surface area contributed by atoms with Gasteiger partial charge in [-0.15, -0.1) is 0 Å². The molecule has 0 radical (unpaired) electrons. The second-order valence-corrected chi connectivity index (χ2v) is 9.33. The van der Waals surface area contributed by atoms with E-state index in [2.05, 4.69) is 5.32 Å². The highest BCUT2D eigenvalue weighted by molar-refractivity contribution is 6.39. The lowest BCUT2D eigenvalue weighted by Gasteiger charge is -2.26. The number of halogens is 3. The lowest BCUT2D eigenvalue weighted by Crippen LogP contribution is -2.54. The Kier molecular flexibility index (Phi) is 8.11. The summed E-state index contributed by atoms with van der Waals surface area (Å²) in [7, 11) is 0. The van der Waals surface area contributed by atoms with E-state index in [-0.39, 0.29) is 17.0 Å². The Morgan fingerprint density at radius 3 is 2.16 bits per heavy atom. The molecule has 0 unspecified atom stereocenters. The number of hydrogen-bond acceptors (Lipinski definition) is 7. The number of nitrogens with one attached hydrogen (secondary N) is 1. The summed E-state index contributed by atoms with van der Waals surface area (Å²) in [6.45, 7) is 0.315. The molecule has 10 nitrogen and oxygen atoms in total. The van der Waals surface area contributed by atoms with Crippen molar-refractivity contribution in [2.24, 2.45) is 0 Å². The van der Waals surface area contributed by atoms with E-state index in [1.54, 1.807) is 12.1 Å². The van der Waals surface area contributed by atoms with Crippen LogP contribution >= 0.6 is 0 Å². The number of imide groups is 2. The predicted molar refractivity (Wildman–Crippen MR) is 151 cm³/mol. The van der Waals surface area contributed by atoms with E-state index in [0.29, 0.717) is 30.1 Å². The van der Waals surface area contributed by atoms with E-state index >= 15 is 0 Å². The molecule has 13 heteroatoms. The summed E-state index contributed by atoms with van der Waals surface area (Å²) in [4.78, 5) is 49.5. The highest BCUT2D eigenvalue weighted by atomic mass is 19.4. The average Bonchev–Trinajstić information content (AvgIpc) is 2.99. The van der Waals surface area contributed by atoms with Crippen molar-refractivity contribution in [3.05, 3.63) is 129 Å². The minimum absolute atomic E-state index is 0.0424. The van der Waals surface area contributed by atoms with Gasteiger partial charge in [0.1, 0.15) is 23.7 Å². The lowest BCUT2D eigenvalue weighted by molar-refractivity contribution is -0.385. The summed E-state index contributed by atoms with van der Waals surface area (Å²) in [6.07, 6.45) is -3.54. The first-order valence-electron chi connectivity index (χ1n) is 12.8. The largest absolute Gasteiger partial charge is 0.489 e. The molecule has 1 N–H and O–H groups in total. The molecule has 0 saturated carbocycles. The first-order valence-corrected chi connectivity index (χ1v) is 12.8. The standard InChI is InChI=1S/C31H20F3N3O7/c32-31(33,34)21-8-15-27(26(17-21)37(41)42)44-24-11-6-19(7-12-24)16-25-28(38)35-30(40)36(29(25)39)22-9-13-23(14-10-22)43-18-20-4-2-1-3-5-20/h1-17H,18H2,(H,35,38,40)/b25-16+. The Hall–Kier alpha value is -5.98. The number of benzene rings is 4. The molecule has 0 spiro atoms. The smallest absolute Gasteiger partial charge is 0.416 e. The predicted octanol–water partition coefficient (Wildman–Crippen LogP) is 6.65. The number of amides is 4. The van der Waals surface area contributed by atoms with Crippen LogP contribution in [0, 0.1) is 10.1 Å². The molecule has 4 amide bonds. The number of urea groups is 1. The lowest BCUT2D eigenvalue weighted by atomic mass is 10.1. The van der Waals surface area contributed by atoms with Crippen molar-refractivity contribution in [3.8, 4) is 17.2 Å². The fraction of sp³-hybridized carbons (Fsp3) is 0.0645. The van der Waals surface area contributed by atoms with Crippen LogP contribution in [0.5, 0.6) is 17.2 Å². The Labute approximate surface area is 247 Å². The molecule has 1 heterocycles. The number of ether oxygens (including phenoxy) is 2. The third kappa shape index (κ3) is 6.57. The number of nitro groups is 1. The number of nitrogens with zero attached hydrogens (tertiary/aromatic N) is 2. The van der Waals surface area contributed by atoms with E-state index < -0.39 is 45.9 Å². The molecule has 1 aliphatic heterocycles. The summed E-state index contributed by atoms with van der Waals surface area (Å²) in [5.41, 5.74) is -0.946. The van der Waals surface area contributed by atoms with Crippen LogP contribution in [0.2, 0.25) is 0 Å². The second kappa shape index (κ2) is 12.1. The zero-order valence-electron chi connectivity index (χ0n) is 22.4. The maximum absolute atomic E-state index is 13.2. The van der Waals surface area contributed by atoms with E-state index in [1.807, 2.05) is 30.3 Å². The topological polar surface area (TPSA) is 128 Å². The van der Waals surface area contributed by atoms with E-state index in [1.165, 1.54) is 42.5 Å². The number of carbonyl (C=O) groups excluding carboxylic acids is 3. The monoisotopic (exact) mass is 603 g/mol. The Bertz CT molecular complexity index is 1770. The van der Waals surface area contributed by atoms with Crippen LogP contribution in [0.15, 0.2) is 103 Å². The summed E-state index contributed by atoms with van der Waals surface area (Å²) in [6, 6.07) is 22.1. The summed E-state index contributed by atoms with van der Waals surface area (Å²) < 4.78 is 50.1. The number of nitro benzene ring substituents is 1. The van der Waals surface area contributed by atoms with Crippen molar-refractivity contribution >= 4 is 35.3 Å². The molecule has 0 bridgehead atoms. The van der Waals surface area contributed by atoms with Gasteiger partial charge in [0.2, 0.25) is 5.75 Å². The third-order valence-electron chi connectivity index (χ3n) is 6.35. The van der Waals surface area contributed by atoms with Crippen molar-refractivity contribution < 1.29 is 42.0 Å². The van der Waals surface area contributed by atoms with Gasteiger partial charge in [-0.1, -0.05) is 42.5 Å². The number of alkyl halides is 3. The molecule has 44 heavy (non-hydrogen) atoms. The van der Waals surface area contributed by atoms with Gasteiger partial charge in [0.25, 0.3) is 11.8 Å². The molecule has 1 saturated heterocycles. The fourth-order valence-electron chi connectivity index (χ4n) is 4.17. The normalized spacial score (nSPS) is 14.4. The van der Waals surface area contributed by atoms with Crippen LogP contribution in [0.3, 0.4) is 0 Å². The molecule has 5 rings (SSSR count).